The molecule has 0 unspecified atom stereocenters. The van der Waals surface area contributed by atoms with Gasteiger partial charge in [-0.25, -0.2) is 0 Å². The van der Waals surface area contributed by atoms with E-state index in [9.17, 15) is 0 Å². The Morgan fingerprint density at radius 3 is 2.90 bits per heavy atom. The van der Waals surface area contributed by atoms with Gasteiger partial charge in [0.1, 0.15) is 0 Å². The van der Waals surface area contributed by atoms with Crippen molar-refractivity contribution in [1.29, 1.82) is 0 Å². The quantitative estimate of drug-likeness (QED) is 0.637. The highest BCUT2D eigenvalue weighted by Gasteiger charge is 2.32. The lowest BCUT2D eigenvalue weighted by Gasteiger charge is -2.26. The molecule has 0 saturated heterocycles. The Hall–Kier alpha value is -1.61. The summed E-state index contributed by atoms with van der Waals surface area (Å²) in [6.07, 6.45) is 7.02. The number of aryl methyl sites for hydroxylation is 1. The summed E-state index contributed by atoms with van der Waals surface area (Å²) >= 11 is 0. The van der Waals surface area contributed by atoms with Gasteiger partial charge in [0.05, 0.1) is 5.56 Å². The summed E-state index contributed by atoms with van der Waals surface area (Å²) in [6.45, 7) is 4.28. The van der Waals surface area contributed by atoms with Gasteiger partial charge in [0.2, 0.25) is 5.71 Å². The van der Waals surface area contributed by atoms with Gasteiger partial charge in [0, 0.05) is 30.4 Å². The van der Waals surface area contributed by atoms with Gasteiger partial charge in [0.15, 0.2) is 0 Å². The van der Waals surface area contributed by atoms with E-state index in [2.05, 4.69) is 30.0 Å². The highest BCUT2D eigenvalue weighted by Crippen LogP contribution is 2.30. The average molecular weight is 270 g/mol. The Morgan fingerprint density at radius 1 is 1.40 bits per heavy atom. The van der Waals surface area contributed by atoms with E-state index in [4.69, 9.17) is 11.1 Å². The average Bonchev–Trinajstić information content (AvgIpc) is 3.32. The molecule has 1 aromatic rings. The van der Waals surface area contributed by atoms with E-state index in [1.807, 2.05) is 6.07 Å². The van der Waals surface area contributed by atoms with Crippen molar-refractivity contribution < 1.29 is 5.41 Å². The molecule has 0 bridgehead atoms. The number of hydrogen-bond donors (Lipinski definition) is 2. The summed E-state index contributed by atoms with van der Waals surface area (Å²) in [6, 6.07) is 6.98. The third-order valence-electron chi connectivity index (χ3n) is 4.46. The Morgan fingerprint density at radius 2 is 2.20 bits per heavy atom. The van der Waals surface area contributed by atoms with Crippen LogP contribution in [0.15, 0.2) is 29.8 Å². The molecular weight excluding hydrogens is 246 g/mol. The van der Waals surface area contributed by atoms with Gasteiger partial charge < -0.3 is 5.73 Å². The maximum absolute atomic E-state index is 6.42. The van der Waals surface area contributed by atoms with E-state index in [-0.39, 0.29) is 0 Å². The second kappa shape index (κ2) is 5.41. The second-order valence-corrected chi connectivity index (χ2v) is 5.87. The molecule has 0 amide bonds. The number of hydrogen-bond acceptors (Lipinski definition) is 2. The number of anilines is 1. The predicted molar refractivity (Wildman–Crippen MR) is 83.6 cm³/mol. The predicted octanol–water partition coefficient (Wildman–Crippen LogP) is 1.17. The van der Waals surface area contributed by atoms with Crippen molar-refractivity contribution in [3.05, 3.63) is 41.0 Å². The molecule has 4 N–H and O–H groups in total. The zero-order valence-electron chi connectivity index (χ0n) is 12.2. The standard InChI is InChI=1S/C17H23N3/c1-2-12-5-3-7-15(16(12)18)17(19)13-6-4-10-20(11-13)14-8-9-14/h3,5-7,14,19H,2,4,8-11,18H2,1H3/p+1. The van der Waals surface area contributed by atoms with Crippen LogP contribution in [0.5, 0.6) is 0 Å². The number of benzene rings is 1. The van der Waals surface area contributed by atoms with E-state index >= 15 is 0 Å². The smallest absolute Gasteiger partial charge is 0.210 e. The summed E-state index contributed by atoms with van der Waals surface area (Å²) < 4.78 is 0. The van der Waals surface area contributed by atoms with Crippen LogP contribution in [0, 0.1) is 0 Å². The molecule has 0 spiro atoms. The maximum Gasteiger partial charge on any atom is 0.210 e. The molecule has 3 nitrogen and oxygen atoms in total. The Kier molecular flexibility index (Phi) is 3.62. The number of rotatable bonds is 4. The molecule has 0 atom stereocenters. The van der Waals surface area contributed by atoms with Crippen LogP contribution in [0.1, 0.15) is 37.3 Å². The monoisotopic (exact) mass is 270 g/mol. The molecule has 1 aliphatic carbocycles. The van der Waals surface area contributed by atoms with Crippen molar-refractivity contribution in [3.63, 3.8) is 0 Å². The topological polar surface area (TPSA) is 54.8 Å². The molecule has 20 heavy (non-hydrogen) atoms. The van der Waals surface area contributed by atoms with Crippen molar-refractivity contribution >= 4 is 11.4 Å². The fraction of sp³-hybridized carbons (Fsp3) is 0.471. The number of para-hydroxylation sites is 1. The summed E-state index contributed by atoms with van der Waals surface area (Å²) in [5.41, 5.74) is 11.4. The highest BCUT2D eigenvalue weighted by atomic mass is 15.2. The van der Waals surface area contributed by atoms with Gasteiger partial charge in [-0.15, -0.1) is 0 Å². The molecule has 1 heterocycles. The summed E-state index contributed by atoms with van der Waals surface area (Å²) in [5.74, 6) is 0. The Bertz CT molecular complexity index is 555. The molecule has 1 saturated carbocycles. The van der Waals surface area contributed by atoms with Gasteiger partial charge in [-0.3, -0.25) is 10.3 Å². The molecule has 3 heteroatoms. The zero-order chi connectivity index (χ0) is 14.1. The zero-order valence-corrected chi connectivity index (χ0v) is 12.2. The van der Waals surface area contributed by atoms with E-state index in [0.717, 1.165) is 42.4 Å². The van der Waals surface area contributed by atoms with Crippen LogP contribution in [0.25, 0.3) is 0 Å². The van der Waals surface area contributed by atoms with Crippen LogP contribution in [-0.4, -0.2) is 29.7 Å². The first kappa shape index (κ1) is 13.4. The van der Waals surface area contributed by atoms with Crippen molar-refractivity contribution in [2.45, 2.75) is 38.6 Å². The van der Waals surface area contributed by atoms with Gasteiger partial charge in [-0.05, 0) is 37.3 Å². The minimum Gasteiger partial charge on any atom is -0.398 e. The first-order valence-electron chi connectivity index (χ1n) is 7.64. The summed E-state index contributed by atoms with van der Waals surface area (Å²) in [7, 11) is 0. The lowest BCUT2D eigenvalue weighted by atomic mass is 9.95. The molecule has 3 rings (SSSR count). The van der Waals surface area contributed by atoms with Gasteiger partial charge >= 0.3 is 0 Å². The van der Waals surface area contributed by atoms with Gasteiger partial charge in [0.25, 0.3) is 0 Å². The van der Waals surface area contributed by atoms with E-state index in [1.54, 1.807) is 0 Å². The molecular formula is C17H24N3+. The van der Waals surface area contributed by atoms with Crippen LogP contribution >= 0.6 is 0 Å². The lowest BCUT2D eigenvalue weighted by Crippen LogP contribution is -2.46. The number of nitrogens with zero attached hydrogens (tertiary/aromatic N) is 1. The first-order chi connectivity index (χ1) is 9.70. The molecule has 1 fully saturated rings. The minimum absolute atomic E-state index is 0.797. The second-order valence-electron chi connectivity index (χ2n) is 5.87. The lowest BCUT2D eigenvalue weighted by molar-refractivity contribution is -0.112. The van der Waals surface area contributed by atoms with Gasteiger partial charge in [-0.1, -0.05) is 25.1 Å². The molecule has 1 aromatic carbocycles. The third kappa shape index (κ3) is 2.50. The number of nitrogens with two attached hydrogens (primary N) is 2. The third-order valence-corrected chi connectivity index (χ3v) is 4.46. The molecule has 1 aliphatic heterocycles. The summed E-state index contributed by atoms with van der Waals surface area (Å²) in [4.78, 5) is 2.56. The van der Waals surface area contributed by atoms with E-state index < -0.39 is 0 Å². The Labute approximate surface area is 121 Å². The SMILES string of the molecule is CCc1cccc(C(=[NH2+])C2=CCCN(C3CC3)C2)c1N. The van der Waals surface area contributed by atoms with Gasteiger partial charge in [-0.2, -0.15) is 0 Å². The van der Waals surface area contributed by atoms with Crippen LogP contribution in [0.3, 0.4) is 0 Å². The van der Waals surface area contributed by atoms with Crippen molar-refractivity contribution in [2.24, 2.45) is 0 Å². The minimum atomic E-state index is 0.797. The van der Waals surface area contributed by atoms with E-state index in [1.165, 1.54) is 30.5 Å². The number of nitrogen functional groups attached to an aromatic ring is 1. The summed E-state index contributed by atoms with van der Waals surface area (Å²) in [5, 5.41) is 6.42. The van der Waals surface area contributed by atoms with Crippen molar-refractivity contribution in [1.82, 2.24) is 4.90 Å². The first-order valence-corrected chi connectivity index (χ1v) is 7.64. The molecule has 106 valence electrons. The Balaban J connectivity index is 1.83. The largest absolute Gasteiger partial charge is 0.398 e. The van der Waals surface area contributed by atoms with E-state index in [0.29, 0.717) is 0 Å². The fourth-order valence-electron chi connectivity index (χ4n) is 3.04. The highest BCUT2D eigenvalue weighted by molar-refractivity contribution is 6.12. The van der Waals surface area contributed by atoms with Crippen LogP contribution in [0.4, 0.5) is 5.69 Å². The molecule has 0 radical (unpaired) electrons. The van der Waals surface area contributed by atoms with Crippen LogP contribution < -0.4 is 11.1 Å². The molecule has 2 aliphatic rings. The molecule has 0 aromatic heterocycles. The fourth-order valence-corrected chi connectivity index (χ4v) is 3.04. The van der Waals surface area contributed by atoms with Crippen LogP contribution in [-0.2, 0) is 6.42 Å². The van der Waals surface area contributed by atoms with Crippen molar-refractivity contribution in [2.75, 3.05) is 18.8 Å². The van der Waals surface area contributed by atoms with Crippen molar-refractivity contribution in [3.8, 4) is 0 Å². The maximum atomic E-state index is 6.42. The normalized spacial score (nSPS) is 19.8. The van der Waals surface area contributed by atoms with Crippen LogP contribution in [0.2, 0.25) is 0 Å².